The van der Waals surface area contributed by atoms with Crippen LogP contribution >= 0.6 is 0 Å². The van der Waals surface area contributed by atoms with E-state index in [1.165, 1.54) is 0 Å². The molecule has 0 bridgehead atoms. The quantitative estimate of drug-likeness (QED) is 0.640. The van der Waals surface area contributed by atoms with E-state index in [-0.39, 0.29) is 11.8 Å². The van der Waals surface area contributed by atoms with Crippen LogP contribution < -0.4 is 5.43 Å². The molecule has 0 saturated heterocycles. The zero-order valence-electron chi connectivity index (χ0n) is 12.3. The second-order valence-electron chi connectivity index (χ2n) is 5.44. The summed E-state index contributed by atoms with van der Waals surface area (Å²) in [5.41, 5.74) is 3.21. The number of hydrogen-bond donors (Lipinski definition) is 1. The van der Waals surface area contributed by atoms with Crippen LogP contribution in [0.2, 0.25) is 0 Å². The maximum atomic E-state index is 12.1. The van der Waals surface area contributed by atoms with Crippen molar-refractivity contribution in [2.45, 2.75) is 32.8 Å². The summed E-state index contributed by atoms with van der Waals surface area (Å²) in [6.45, 7) is 6.57. The Bertz CT molecular complexity index is 485. The lowest BCUT2D eigenvalue weighted by Crippen LogP contribution is -2.26. The second kappa shape index (κ2) is 6.18. The van der Waals surface area contributed by atoms with Crippen molar-refractivity contribution in [3.63, 3.8) is 0 Å². The molecule has 0 heterocycles. The minimum absolute atomic E-state index is 0.0702. The van der Waals surface area contributed by atoms with Gasteiger partial charge in [0, 0.05) is 12.8 Å². The topological polar surface area (TPSA) is 50.7 Å². The summed E-state index contributed by atoms with van der Waals surface area (Å²) in [4.78, 5) is 12.1. The first kappa shape index (κ1) is 14.7. The van der Waals surface area contributed by atoms with Crippen molar-refractivity contribution in [1.82, 2.24) is 5.43 Å². The van der Waals surface area contributed by atoms with Gasteiger partial charge in [0.05, 0.1) is 5.92 Å². The Morgan fingerprint density at radius 2 is 2.20 bits per heavy atom. The molecule has 4 nitrogen and oxygen atoms in total. The molecule has 0 aliphatic heterocycles. The average molecular weight is 274 g/mol. The second-order valence-corrected chi connectivity index (χ2v) is 5.44. The van der Waals surface area contributed by atoms with Crippen LogP contribution in [0.5, 0.6) is 0 Å². The Morgan fingerprint density at radius 1 is 1.50 bits per heavy atom. The molecule has 108 valence electrons. The van der Waals surface area contributed by atoms with Crippen molar-refractivity contribution in [2.75, 3.05) is 6.61 Å². The molecule has 1 aliphatic carbocycles. The zero-order valence-corrected chi connectivity index (χ0v) is 12.3. The third-order valence-corrected chi connectivity index (χ3v) is 3.44. The Labute approximate surface area is 120 Å². The lowest BCUT2D eigenvalue weighted by molar-refractivity contribution is -0.124. The molecule has 1 aliphatic rings. The molecular formula is C16H22N2O2. The number of benzene rings is 1. The Kier molecular flexibility index (Phi) is 4.55. The van der Waals surface area contributed by atoms with Gasteiger partial charge in [0.25, 0.3) is 0 Å². The van der Waals surface area contributed by atoms with E-state index in [1.807, 2.05) is 51.1 Å². The van der Waals surface area contributed by atoms with Crippen LogP contribution in [-0.2, 0) is 15.1 Å². The van der Waals surface area contributed by atoms with Gasteiger partial charge in [-0.15, -0.1) is 0 Å². The maximum Gasteiger partial charge on any atom is 0.246 e. The van der Waals surface area contributed by atoms with Crippen molar-refractivity contribution in [1.29, 1.82) is 0 Å². The smallest absolute Gasteiger partial charge is 0.246 e. The van der Waals surface area contributed by atoms with E-state index in [1.54, 1.807) is 6.21 Å². The SMILES string of the molecule is CCOC1(c2ccccc2)CC1C(=O)N/N=C/C(C)C. The molecule has 1 saturated carbocycles. The monoisotopic (exact) mass is 274 g/mol. The van der Waals surface area contributed by atoms with Crippen LogP contribution in [0, 0.1) is 11.8 Å². The third-order valence-electron chi connectivity index (χ3n) is 3.44. The van der Waals surface area contributed by atoms with Gasteiger partial charge < -0.3 is 4.74 Å². The number of rotatable bonds is 6. The van der Waals surface area contributed by atoms with E-state index in [0.717, 1.165) is 5.56 Å². The molecule has 1 N–H and O–H groups in total. The van der Waals surface area contributed by atoms with Gasteiger partial charge in [0.15, 0.2) is 0 Å². The van der Waals surface area contributed by atoms with Crippen LogP contribution in [0.25, 0.3) is 0 Å². The number of nitrogens with zero attached hydrogens (tertiary/aromatic N) is 1. The van der Waals surface area contributed by atoms with Crippen molar-refractivity contribution in [2.24, 2.45) is 16.9 Å². The molecule has 1 aromatic rings. The molecule has 0 aromatic heterocycles. The average Bonchev–Trinajstić information content (AvgIpc) is 3.15. The number of ether oxygens (including phenoxy) is 1. The molecule has 2 atom stereocenters. The summed E-state index contributed by atoms with van der Waals surface area (Å²) >= 11 is 0. The highest BCUT2D eigenvalue weighted by Gasteiger charge is 2.60. The largest absolute Gasteiger partial charge is 0.370 e. The minimum atomic E-state index is -0.465. The highest BCUT2D eigenvalue weighted by Crippen LogP contribution is 2.55. The number of carbonyl (C=O) groups is 1. The van der Waals surface area contributed by atoms with E-state index in [9.17, 15) is 4.79 Å². The molecule has 4 heteroatoms. The van der Waals surface area contributed by atoms with E-state index in [2.05, 4.69) is 10.5 Å². The van der Waals surface area contributed by atoms with Crippen LogP contribution in [0.15, 0.2) is 35.4 Å². The summed E-state index contributed by atoms with van der Waals surface area (Å²) in [6, 6.07) is 9.94. The molecule has 1 fully saturated rings. The van der Waals surface area contributed by atoms with Gasteiger partial charge in [-0.2, -0.15) is 5.10 Å². The highest BCUT2D eigenvalue weighted by molar-refractivity contribution is 5.84. The van der Waals surface area contributed by atoms with Gasteiger partial charge in [-0.3, -0.25) is 4.79 Å². The fraction of sp³-hybridized carbons (Fsp3) is 0.500. The number of hydrazone groups is 1. The zero-order chi connectivity index (χ0) is 14.6. The maximum absolute atomic E-state index is 12.1. The normalized spacial score (nSPS) is 25.1. The molecule has 2 unspecified atom stereocenters. The fourth-order valence-electron chi connectivity index (χ4n) is 2.42. The summed E-state index contributed by atoms with van der Waals surface area (Å²) in [7, 11) is 0. The fourth-order valence-corrected chi connectivity index (χ4v) is 2.42. The Morgan fingerprint density at radius 3 is 2.80 bits per heavy atom. The summed E-state index contributed by atoms with van der Waals surface area (Å²) in [5.74, 6) is 0.0913. The first-order valence-electron chi connectivity index (χ1n) is 7.12. The third kappa shape index (κ3) is 3.07. The van der Waals surface area contributed by atoms with E-state index >= 15 is 0 Å². The number of amides is 1. The van der Waals surface area contributed by atoms with Crippen molar-refractivity contribution < 1.29 is 9.53 Å². The predicted molar refractivity (Wildman–Crippen MR) is 79.3 cm³/mol. The number of carbonyl (C=O) groups excluding carboxylic acids is 1. The Balaban J connectivity index is 2.06. The first-order valence-corrected chi connectivity index (χ1v) is 7.12. The highest BCUT2D eigenvalue weighted by atomic mass is 16.5. The van der Waals surface area contributed by atoms with Crippen LogP contribution in [0.3, 0.4) is 0 Å². The summed E-state index contributed by atoms with van der Waals surface area (Å²) in [5, 5.41) is 3.97. The van der Waals surface area contributed by atoms with Crippen molar-refractivity contribution >= 4 is 12.1 Å². The summed E-state index contributed by atoms with van der Waals surface area (Å²) < 4.78 is 5.87. The molecule has 20 heavy (non-hydrogen) atoms. The predicted octanol–water partition coefficient (Wildman–Crippen LogP) is 2.70. The van der Waals surface area contributed by atoms with Crippen molar-refractivity contribution in [3.8, 4) is 0 Å². The molecule has 1 aromatic carbocycles. The van der Waals surface area contributed by atoms with E-state index in [4.69, 9.17) is 4.74 Å². The van der Waals surface area contributed by atoms with Gasteiger partial charge in [0.1, 0.15) is 5.60 Å². The van der Waals surface area contributed by atoms with E-state index in [0.29, 0.717) is 18.9 Å². The van der Waals surface area contributed by atoms with Crippen LogP contribution in [-0.4, -0.2) is 18.7 Å². The molecule has 2 rings (SSSR count). The summed E-state index contributed by atoms with van der Waals surface area (Å²) in [6.07, 6.45) is 2.44. The first-order chi connectivity index (χ1) is 9.60. The van der Waals surface area contributed by atoms with Crippen LogP contribution in [0.4, 0.5) is 0 Å². The molecule has 0 spiro atoms. The van der Waals surface area contributed by atoms with Gasteiger partial charge in [-0.05, 0) is 24.8 Å². The van der Waals surface area contributed by atoms with E-state index < -0.39 is 5.60 Å². The lowest BCUT2D eigenvalue weighted by atomic mass is 10.1. The Hall–Kier alpha value is -1.68. The van der Waals surface area contributed by atoms with Crippen LogP contribution in [0.1, 0.15) is 32.8 Å². The van der Waals surface area contributed by atoms with Gasteiger partial charge in [0.2, 0.25) is 5.91 Å². The van der Waals surface area contributed by atoms with Gasteiger partial charge in [-0.25, -0.2) is 5.43 Å². The molecule has 0 radical (unpaired) electrons. The minimum Gasteiger partial charge on any atom is -0.370 e. The van der Waals surface area contributed by atoms with Gasteiger partial charge in [-0.1, -0.05) is 44.2 Å². The number of hydrogen-bond acceptors (Lipinski definition) is 3. The lowest BCUT2D eigenvalue weighted by Gasteiger charge is -2.17. The number of nitrogens with one attached hydrogen (secondary N) is 1. The van der Waals surface area contributed by atoms with Gasteiger partial charge >= 0.3 is 0 Å². The molecular weight excluding hydrogens is 252 g/mol. The molecule has 1 amide bonds. The van der Waals surface area contributed by atoms with Crippen molar-refractivity contribution in [3.05, 3.63) is 35.9 Å². The standard InChI is InChI=1S/C16H22N2O2/c1-4-20-16(13-8-6-5-7-9-13)10-14(16)15(19)18-17-11-12(2)3/h5-9,11-12,14H,4,10H2,1-3H3,(H,18,19)/b17-11+.